The SMILES string of the molecule is CN(N)C(=O)C1(c2cccnc2)CC1. The third-order valence-electron chi connectivity index (χ3n) is 2.69. The Bertz CT molecular complexity index is 344. The predicted octanol–water partition coefficient (Wildman–Crippen LogP) is 0.445. The lowest BCUT2D eigenvalue weighted by Crippen LogP contribution is -2.41. The van der Waals surface area contributed by atoms with E-state index >= 15 is 0 Å². The average Bonchev–Trinajstić information content (AvgIpc) is 2.99. The number of aromatic nitrogens is 1. The van der Waals surface area contributed by atoms with E-state index in [0.717, 1.165) is 18.4 Å². The fourth-order valence-electron chi connectivity index (χ4n) is 1.73. The van der Waals surface area contributed by atoms with Crippen molar-refractivity contribution in [3.8, 4) is 0 Å². The van der Waals surface area contributed by atoms with Gasteiger partial charge in [-0.2, -0.15) is 0 Å². The van der Waals surface area contributed by atoms with Crippen LogP contribution in [0.15, 0.2) is 24.5 Å². The molecule has 1 amide bonds. The number of hydrogen-bond acceptors (Lipinski definition) is 3. The molecule has 1 aliphatic rings. The van der Waals surface area contributed by atoms with Gasteiger partial charge in [0, 0.05) is 19.4 Å². The molecule has 0 bridgehead atoms. The molecule has 1 aromatic heterocycles. The van der Waals surface area contributed by atoms with Gasteiger partial charge in [-0.15, -0.1) is 0 Å². The zero-order valence-corrected chi connectivity index (χ0v) is 8.10. The highest BCUT2D eigenvalue weighted by molar-refractivity contribution is 5.90. The maximum absolute atomic E-state index is 11.8. The molecule has 1 saturated carbocycles. The van der Waals surface area contributed by atoms with Gasteiger partial charge in [0.1, 0.15) is 0 Å². The molecule has 0 spiro atoms. The lowest BCUT2D eigenvalue weighted by Gasteiger charge is -2.18. The Hall–Kier alpha value is -1.42. The predicted molar refractivity (Wildman–Crippen MR) is 52.1 cm³/mol. The smallest absolute Gasteiger partial charge is 0.246 e. The van der Waals surface area contributed by atoms with Crippen LogP contribution in [0.25, 0.3) is 0 Å². The van der Waals surface area contributed by atoms with E-state index in [4.69, 9.17) is 5.84 Å². The van der Waals surface area contributed by atoms with Crippen LogP contribution in [0.1, 0.15) is 18.4 Å². The normalized spacial score (nSPS) is 17.6. The van der Waals surface area contributed by atoms with Crippen molar-refractivity contribution in [2.45, 2.75) is 18.3 Å². The minimum Gasteiger partial charge on any atom is -0.283 e. The third kappa shape index (κ3) is 1.28. The van der Waals surface area contributed by atoms with E-state index in [1.54, 1.807) is 19.4 Å². The van der Waals surface area contributed by atoms with Gasteiger partial charge in [0.2, 0.25) is 5.91 Å². The number of likely N-dealkylation sites (N-methyl/N-ethyl adjacent to an activating group) is 1. The molecule has 1 aromatic rings. The summed E-state index contributed by atoms with van der Waals surface area (Å²) < 4.78 is 0. The lowest BCUT2D eigenvalue weighted by molar-refractivity contribution is -0.132. The van der Waals surface area contributed by atoms with Gasteiger partial charge in [0.15, 0.2) is 0 Å². The van der Waals surface area contributed by atoms with E-state index in [1.165, 1.54) is 5.01 Å². The van der Waals surface area contributed by atoms with Crippen LogP contribution in [0.2, 0.25) is 0 Å². The van der Waals surface area contributed by atoms with Crippen molar-refractivity contribution >= 4 is 5.91 Å². The standard InChI is InChI=1S/C10H13N3O/c1-13(11)9(14)10(4-5-10)8-3-2-6-12-7-8/h2-3,6-7H,4-5,11H2,1H3. The zero-order valence-electron chi connectivity index (χ0n) is 8.10. The number of pyridine rings is 1. The molecule has 4 heteroatoms. The second-order valence-electron chi connectivity index (χ2n) is 3.74. The molecule has 14 heavy (non-hydrogen) atoms. The Balaban J connectivity index is 2.30. The Morgan fingerprint density at radius 3 is 2.79 bits per heavy atom. The zero-order chi connectivity index (χ0) is 10.2. The van der Waals surface area contributed by atoms with Crippen molar-refractivity contribution in [3.05, 3.63) is 30.1 Å². The molecule has 0 aliphatic heterocycles. The topological polar surface area (TPSA) is 59.2 Å². The van der Waals surface area contributed by atoms with Gasteiger partial charge in [-0.25, -0.2) is 5.84 Å². The largest absolute Gasteiger partial charge is 0.283 e. The van der Waals surface area contributed by atoms with Gasteiger partial charge in [-0.3, -0.25) is 14.8 Å². The van der Waals surface area contributed by atoms with Crippen LogP contribution in [0.5, 0.6) is 0 Å². The van der Waals surface area contributed by atoms with Crippen molar-refractivity contribution in [1.29, 1.82) is 0 Å². The average molecular weight is 191 g/mol. The number of rotatable bonds is 2. The van der Waals surface area contributed by atoms with Crippen LogP contribution in [0.3, 0.4) is 0 Å². The third-order valence-corrected chi connectivity index (χ3v) is 2.69. The fraction of sp³-hybridized carbons (Fsp3) is 0.400. The van der Waals surface area contributed by atoms with E-state index in [1.807, 2.05) is 12.1 Å². The van der Waals surface area contributed by atoms with E-state index in [9.17, 15) is 4.79 Å². The highest BCUT2D eigenvalue weighted by atomic mass is 16.2. The van der Waals surface area contributed by atoms with Crippen molar-refractivity contribution in [3.63, 3.8) is 0 Å². The minimum atomic E-state index is -0.377. The van der Waals surface area contributed by atoms with Gasteiger partial charge < -0.3 is 0 Å². The minimum absolute atomic E-state index is 0.0227. The molecule has 0 atom stereocenters. The summed E-state index contributed by atoms with van der Waals surface area (Å²) in [5, 5.41) is 1.17. The highest BCUT2D eigenvalue weighted by Crippen LogP contribution is 2.48. The number of nitrogens with zero attached hydrogens (tertiary/aromatic N) is 2. The lowest BCUT2D eigenvalue weighted by atomic mass is 9.97. The quantitative estimate of drug-likeness (QED) is 0.419. The molecule has 74 valence electrons. The van der Waals surface area contributed by atoms with Crippen LogP contribution in [-0.4, -0.2) is 22.9 Å². The van der Waals surface area contributed by atoms with Gasteiger partial charge in [-0.05, 0) is 24.5 Å². The number of hydrogen-bond donors (Lipinski definition) is 1. The second kappa shape index (κ2) is 3.06. The fourth-order valence-corrected chi connectivity index (χ4v) is 1.73. The van der Waals surface area contributed by atoms with Crippen LogP contribution in [-0.2, 0) is 10.2 Å². The Morgan fingerprint density at radius 2 is 2.36 bits per heavy atom. The summed E-state index contributed by atoms with van der Waals surface area (Å²) >= 11 is 0. The summed E-state index contributed by atoms with van der Waals surface area (Å²) in [4.78, 5) is 15.8. The van der Waals surface area contributed by atoms with Gasteiger partial charge in [0.05, 0.1) is 5.41 Å². The molecule has 1 aliphatic carbocycles. The summed E-state index contributed by atoms with van der Waals surface area (Å²) in [7, 11) is 1.58. The molecule has 0 saturated heterocycles. The summed E-state index contributed by atoms with van der Waals surface area (Å²) in [6.45, 7) is 0. The second-order valence-corrected chi connectivity index (χ2v) is 3.74. The number of hydrazine groups is 1. The molecule has 4 nitrogen and oxygen atoms in total. The number of carbonyl (C=O) groups excluding carboxylic acids is 1. The summed E-state index contributed by atoms with van der Waals surface area (Å²) in [6.07, 6.45) is 5.20. The van der Waals surface area contributed by atoms with Crippen LogP contribution >= 0.6 is 0 Å². The van der Waals surface area contributed by atoms with Crippen molar-refractivity contribution in [2.24, 2.45) is 5.84 Å². The van der Waals surface area contributed by atoms with Gasteiger partial charge in [-0.1, -0.05) is 6.07 Å². The molecule has 0 unspecified atom stereocenters. The Kier molecular flexibility index (Phi) is 2.00. The van der Waals surface area contributed by atoms with Crippen LogP contribution in [0.4, 0.5) is 0 Å². The number of amides is 1. The van der Waals surface area contributed by atoms with Crippen molar-refractivity contribution < 1.29 is 4.79 Å². The first-order valence-corrected chi connectivity index (χ1v) is 4.60. The molecular formula is C10H13N3O. The molecule has 0 radical (unpaired) electrons. The highest BCUT2D eigenvalue weighted by Gasteiger charge is 2.52. The summed E-state index contributed by atoms with van der Waals surface area (Å²) in [5.74, 6) is 5.44. The first kappa shape index (κ1) is 9.15. The van der Waals surface area contributed by atoms with Crippen LogP contribution < -0.4 is 5.84 Å². The van der Waals surface area contributed by atoms with E-state index in [0.29, 0.717) is 0 Å². The van der Waals surface area contributed by atoms with Gasteiger partial charge in [0.25, 0.3) is 0 Å². The van der Waals surface area contributed by atoms with Crippen LogP contribution in [0, 0.1) is 0 Å². The van der Waals surface area contributed by atoms with E-state index in [2.05, 4.69) is 4.98 Å². The maximum atomic E-state index is 11.8. The molecule has 1 heterocycles. The monoisotopic (exact) mass is 191 g/mol. The first-order valence-electron chi connectivity index (χ1n) is 4.60. The van der Waals surface area contributed by atoms with E-state index in [-0.39, 0.29) is 11.3 Å². The van der Waals surface area contributed by atoms with Crippen molar-refractivity contribution in [1.82, 2.24) is 9.99 Å². The Labute approximate surface area is 82.7 Å². The van der Waals surface area contributed by atoms with E-state index < -0.39 is 0 Å². The molecule has 2 rings (SSSR count). The first-order chi connectivity index (χ1) is 6.67. The summed E-state index contributed by atoms with van der Waals surface area (Å²) in [5.41, 5.74) is 0.597. The van der Waals surface area contributed by atoms with Crippen molar-refractivity contribution in [2.75, 3.05) is 7.05 Å². The number of carbonyl (C=O) groups is 1. The molecular weight excluding hydrogens is 178 g/mol. The molecule has 2 N–H and O–H groups in total. The molecule has 0 aromatic carbocycles. The number of nitrogens with two attached hydrogens (primary N) is 1. The molecule has 1 fully saturated rings. The maximum Gasteiger partial charge on any atom is 0.246 e. The summed E-state index contributed by atoms with van der Waals surface area (Å²) in [6, 6.07) is 3.78. The Morgan fingerprint density at radius 1 is 1.64 bits per heavy atom. The van der Waals surface area contributed by atoms with Gasteiger partial charge >= 0.3 is 0 Å².